The Balaban J connectivity index is 2.21. The van der Waals surface area contributed by atoms with Gasteiger partial charge in [0.25, 0.3) is 0 Å². The van der Waals surface area contributed by atoms with Gasteiger partial charge in [0.2, 0.25) is 5.91 Å². The summed E-state index contributed by atoms with van der Waals surface area (Å²) in [6, 6.07) is 4.04. The Morgan fingerprint density at radius 1 is 1.47 bits per heavy atom. The molecule has 0 aromatic heterocycles. The molecule has 0 spiro atoms. The molecule has 0 saturated heterocycles. The fourth-order valence-corrected chi connectivity index (χ4v) is 3.49. The largest absolute Gasteiger partial charge is 0.325 e. The molecule has 2 unspecified atom stereocenters. The van der Waals surface area contributed by atoms with Gasteiger partial charge in [-0.3, -0.25) is 4.79 Å². The van der Waals surface area contributed by atoms with Gasteiger partial charge in [0.15, 0.2) is 0 Å². The van der Waals surface area contributed by atoms with E-state index in [9.17, 15) is 4.79 Å². The van der Waals surface area contributed by atoms with Gasteiger partial charge in [0.05, 0.1) is 11.8 Å². The number of anilines is 1. The molecule has 1 amide bonds. The molecule has 1 heterocycles. The number of halogens is 2. The van der Waals surface area contributed by atoms with Gasteiger partial charge in [-0.05, 0) is 29.5 Å². The molecule has 0 fully saturated rings. The van der Waals surface area contributed by atoms with Crippen molar-refractivity contribution in [2.75, 3.05) is 5.32 Å². The fraction of sp³-hybridized carbons (Fsp3) is 0.533. The van der Waals surface area contributed by atoms with Crippen LogP contribution in [0.15, 0.2) is 16.6 Å². The maximum atomic E-state index is 11.4. The molecular formula is C15H19BrClNO. The van der Waals surface area contributed by atoms with E-state index in [1.807, 2.05) is 6.07 Å². The first-order chi connectivity index (χ1) is 9.02. The van der Waals surface area contributed by atoms with Crippen LogP contribution in [0, 0.1) is 5.92 Å². The third kappa shape index (κ3) is 3.32. The second-order valence-electron chi connectivity index (χ2n) is 5.28. The van der Waals surface area contributed by atoms with Crippen molar-refractivity contribution in [3.8, 4) is 0 Å². The zero-order chi connectivity index (χ0) is 14.0. The molecule has 0 radical (unpaired) electrons. The number of fused-ring (bicyclic) bond motifs is 1. The molecule has 19 heavy (non-hydrogen) atoms. The molecule has 1 N–H and O–H groups in total. The van der Waals surface area contributed by atoms with Crippen LogP contribution < -0.4 is 5.32 Å². The first-order valence-corrected chi connectivity index (χ1v) is 8.02. The molecule has 2 nitrogen and oxygen atoms in total. The Morgan fingerprint density at radius 2 is 2.21 bits per heavy atom. The summed E-state index contributed by atoms with van der Waals surface area (Å²) in [6.45, 7) is 4.38. The summed E-state index contributed by atoms with van der Waals surface area (Å²) in [5.74, 6) is 0.491. The molecule has 4 heteroatoms. The first kappa shape index (κ1) is 14.9. The van der Waals surface area contributed by atoms with Crippen LogP contribution in [0.4, 0.5) is 5.69 Å². The smallest absolute Gasteiger partial charge is 0.228 e. The second kappa shape index (κ2) is 6.27. The number of amides is 1. The molecule has 104 valence electrons. The SMILES string of the molecule is CCCCC(C)C(Cl)c1cc2c(cc1Br)NC(=O)C2. The number of carbonyl (C=O) groups is 1. The van der Waals surface area contributed by atoms with E-state index in [0.29, 0.717) is 12.3 Å². The van der Waals surface area contributed by atoms with Crippen molar-refractivity contribution in [3.63, 3.8) is 0 Å². The van der Waals surface area contributed by atoms with Gasteiger partial charge in [0, 0.05) is 10.2 Å². The summed E-state index contributed by atoms with van der Waals surface area (Å²) in [7, 11) is 0. The van der Waals surface area contributed by atoms with Crippen LogP contribution in [0.2, 0.25) is 0 Å². The van der Waals surface area contributed by atoms with Crippen LogP contribution in [0.25, 0.3) is 0 Å². The topological polar surface area (TPSA) is 29.1 Å². The highest BCUT2D eigenvalue weighted by atomic mass is 79.9. The quantitative estimate of drug-likeness (QED) is 0.744. The van der Waals surface area contributed by atoms with Gasteiger partial charge >= 0.3 is 0 Å². The Bertz CT molecular complexity index is 489. The van der Waals surface area contributed by atoms with Gasteiger partial charge in [0.1, 0.15) is 0 Å². The minimum atomic E-state index is -0.0121. The third-order valence-electron chi connectivity index (χ3n) is 3.66. The van der Waals surface area contributed by atoms with Crippen molar-refractivity contribution in [1.82, 2.24) is 0 Å². The number of hydrogen-bond acceptors (Lipinski definition) is 1. The molecule has 1 aliphatic rings. The predicted octanol–water partition coefficient (Wildman–Crippen LogP) is 5.05. The highest BCUT2D eigenvalue weighted by Crippen LogP contribution is 2.39. The normalized spacial score (nSPS) is 16.9. The molecule has 0 aliphatic carbocycles. The van der Waals surface area contributed by atoms with E-state index in [1.54, 1.807) is 0 Å². The van der Waals surface area contributed by atoms with Crippen molar-refractivity contribution in [2.45, 2.75) is 44.9 Å². The summed E-state index contributed by atoms with van der Waals surface area (Å²) < 4.78 is 0.983. The number of unbranched alkanes of at least 4 members (excludes halogenated alkanes) is 1. The van der Waals surface area contributed by atoms with Crippen molar-refractivity contribution in [3.05, 3.63) is 27.7 Å². The molecule has 0 bridgehead atoms. The summed E-state index contributed by atoms with van der Waals surface area (Å²) in [4.78, 5) is 11.4. The molecule has 2 rings (SSSR count). The van der Waals surface area contributed by atoms with Crippen LogP contribution in [-0.2, 0) is 11.2 Å². The Hall–Kier alpha value is -0.540. The van der Waals surface area contributed by atoms with Crippen LogP contribution >= 0.6 is 27.5 Å². The van der Waals surface area contributed by atoms with Gasteiger partial charge in [-0.15, -0.1) is 11.6 Å². The lowest BCUT2D eigenvalue weighted by atomic mass is 9.94. The number of carbonyl (C=O) groups excluding carboxylic acids is 1. The minimum absolute atomic E-state index is 0.0121. The summed E-state index contributed by atoms with van der Waals surface area (Å²) in [5.41, 5.74) is 3.06. The lowest BCUT2D eigenvalue weighted by molar-refractivity contribution is -0.115. The predicted molar refractivity (Wildman–Crippen MR) is 83.8 cm³/mol. The number of rotatable bonds is 5. The van der Waals surface area contributed by atoms with Crippen LogP contribution in [0.3, 0.4) is 0 Å². The minimum Gasteiger partial charge on any atom is -0.325 e. The zero-order valence-corrected chi connectivity index (χ0v) is 13.6. The van der Waals surface area contributed by atoms with Crippen LogP contribution in [0.5, 0.6) is 0 Å². The van der Waals surface area contributed by atoms with Gasteiger partial charge in [-0.25, -0.2) is 0 Å². The molecule has 1 aromatic rings. The van der Waals surface area contributed by atoms with E-state index >= 15 is 0 Å². The molecule has 0 saturated carbocycles. The number of hydrogen-bond donors (Lipinski definition) is 1. The van der Waals surface area contributed by atoms with E-state index in [-0.39, 0.29) is 11.3 Å². The fourth-order valence-electron chi connectivity index (χ4n) is 2.46. The highest BCUT2D eigenvalue weighted by molar-refractivity contribution is 9.10. The average Bonchev–Trinajstić information content (AvgIpc) is 2.73. The summed E-state index contributed by atoms with van der Waals surface area (Å²) >= 11 is 10.2. The van der Waals surface area contributed by atoms with Crippen LogP contribution in [-0.4, -0.2) is 5.91 Å². The maximum Gasteiger partial charge on any atom is 0.228 e. The summed E-state index contributed by atoms with van der Waals surface area (Å²) in [5, 5.41) is 2.84. The standard InChI is InChI=1S/C15H19BrClNO/c1-3-4-5-9(2)15(17)11-6-10-7-14(19)18-13(10)8-12(11)16/h6,8-9,15H,3-5,7H2,1-2H3,(H,18,19). The molecule has 1 aromatic carbocycles. The number of nitrogens with one attached hydrogen (secondary N) is 1. The van der Waals surface area contributed by atoms with E-state index in [1.165, 1.54) is 12.8 Å². The van der Waals surface area contributed by atoms with E-state index in [0.717, 1.165) is 27.7 Å². The molecular weight excluding hydrogens is 326 g/mol. The Labute approximate surface area is 128 Å². The third-order valence-corrected chi connectivity index (χ3v) is 5.01. The average molecular weight is 345 g/mol. The van der Waals surface area contributed by atoms with E-state index in [2.05, 4.69) is 41.2 Å². The van der Waals surface area contributed by atoms with Crippen molar-refractivity contribution in [2.24, 2.45) is 5.92 Å². The van der Waals surface area contributed by atoms with Crippen molar-refractivity contribution >= 4 is 39.1 Å². The van der Waals surface area contributed by atoms with E-state index < -0.39 is 0 Å². The first-order valence-electron chi connectivity index (χ1n) is 6.79. The maximum absolute atomic E-state index is 11.4. The van der Waals surface area contributed by atoms with Crippen molar-refractivity contribution < 1.29 is 4.79 Å². The lowest BCUT2D eigenvalue weighted by Gasteiger charge is -2.20. The molecule has 1 aliphatic heterocycles. The van der Waals surface area contributed by atoms with Crippen molar-refractivity contribution in [1.29, 1.82) is 0 Å². The Morgan fingerprint density at radius 3 is 2.89 bits per heavy atom. The zero-order valence-electron chi connectivity index (χ0n) is 11.3. The van der Waals surface area contributed by atoms with Crippen LogP contribution in [0.1, 0.15) is 49.6 Å². The number of alkyl halides is 1. The van der Waals surface area contributed by atoms with Gasteiger partial charge in [-0.1, -0.05) is 48.7 Å². The number of benzene rings is 1. The van der Waals surface area contributed by atoms with E-state index in [4.69, 9.17) is 11.6 Å². The summed E-state index contributed by atoms with van der Waals surface area (Å²) in [6.07, 6.45) is 3.98. The highest BCUT2D eigenvalue weighted by Gasteiger charge is 2.24. The Kier molecular flexibility index (Phi) is 4.91. The second-order valence-corrected chi connectivity index (χ2v) is 6.60. The van der Waals surface area contributed by atoms with Gasteiger partial charge < -0.3 is 5.32 Å². The lowest BCUT2D eigenvalue weighted by Crippen LogP contribution is -2.05. The monoisotopic (exact) mass is 343 g/mol. The van der Waals surface area contributed by atoms with Gasteiger partial charge in [-0.2, -0.15) is 0 Å². The molecule has 2 atom stereocenters.